The van der Waals surface area contributed by atoms with Gasteiger partial charge in [0.1, 0.15) is 0 Å². The summed E-state index contributed by atoms with van der Waals surface area (Å²) in [7, 11) is -4.01. The van der Waals surface area contributed by atoms with E-state index in [0.717, 1.165) is 10.6 Å². The second kappa shape index (κ2) is 15.3. The van der Waals surface area contributed by atoms with Gasteiger partial charge in [0.05, 0.1) is 22.3 Å². The van der Waals surface area contributed by atoms with Gasteiger partial charge in [-0.2, -0.15) is 52.7 Å². The van der Waals surface area contributed by atoms with Crippen molar-refractivity contribution in [3.8, 4) is 0 Å². The summed E-state index contributed by atoms with van der Waals surface area (Å²) in [5.41, 5.74) is -6.94. The zero-order valence-electron chi connectivity index (χ0n) is 28.4. The summed E-state index contributed by atoms with van der Waals surface area (Å²) >= 11 is 0. The van der Waals surface area contributed by atoms with E-state index >= 15 is 0 Å². The van der Waals surface area contributed by atoms with Gasteiger partial charge in [0, 0.05) is 11.3 Å². The van der Waals surface area contributed by atoms with Crippen LogP contribution in [0, 0.1) is 0 Å². The number of rotatable bonds is 7. The number of allylic oxidation sites excluding steroid dienone is 10. The molecule has 2 unspecified atom stereocenters. The quantitative estimate of drug-likeness (QED) is 0.129. The minimum absolute atomic E-state index is 0.127. The van der Waals surface area contributed by atoms with Crippen molar-refractivity contribution in [1.29, 1.82) is 0 Å². The van der Waals surface area contributed by atoms with Gasteiger partial charge in [-0.05, 0) is 90.2 Å². The largest absolute Gasteiger partial charge is 0.416 e. The van der Waals surface area contributed by atoms with E-state index in [9.17, 15) is 52.7 Å². The van der Waals surface area contributed by atoms with Gasteiger partial charge in [0.2, 0.25) is 0 Å². The van der Waals surface area contributed by atoms with Gasteiger partial charge in [-0.15, -0.1) is 0 Å². The molecule has 6 rings (SSSR count). The number of alkyl halides is 12. The SMILES string of the molecule is CC(C1=CC=CC1=C1C=CC=CC1P(c1ccccc1)c1ccccc1)P(c1cc(C(F)(F)F)cc(C(F)(F)F)c1)c1cc(C(F)(F)F)cc(C(F)(F)F)c1. The zero-order chi connectivity index (χ0) is 39.9. The Hall–Kier alpha value is -4.40. The van der Waals surface area contributed by atoms with E-state index in [1.807, 2.05) is 78.9 Å². The van der Waals surface area contributed by atoms with Crippen LogP contribution in [0.5, 0.6) is 0 Å². The van der Waals surface area contributed by atoms with Crippen LogP contribution in [0.15, 0.2) is 156 Å². The third kappa shape index (κ3) is 8.86. The summed E-state index contributed by atoms with van der Waals surface area (Å²) in [6.45, 7) is 1.40. The van der Waals surface area contributed by atoms with E-state index in [2.05, 4.69) is 0 Å². The fraction of sp³-hybridized carbons (Fsp3) is 0.171. The van der Waals surface area contributed by atoms with Crippen molar-refractivity contribution in [3.05, 3.63) is 179 Å². The van der Waals surface area contributed by atoms with E-state index in [1.165, 1.54) is 6.92 Å². The number of benzene rings is 4. The monoisotopic (exact) mass is 810 g/mol. The van der Waals surface area contributed by atoms with E-state index in [0.29, 0.717) is 41.0 Å². The lowest BCUT2D eigenvalue weighted by Crippen LogP contribution is -2.27. The first-order valence-corrected chi connectivity index (χ1v) is 19.3. The summed E-state index contributed by atoms with van der Waals surface area (Å²) < 4.78 is 170. The van der Waals surface area contributed by atoms with Crippen LogP contribution < -0.4 is 21.2 Å². The average molecular weight is 811 g/mol. The maximum Gasteiger partial charge on any atom is 0.416 e. The second-order valence-corrected chi connectivity index (χ2v) is 17.5. The van der Waals surface area contributed by atoms with Gasteiger partial charge in [0.15, 0.2) is 0 Å². The number of hydrogen-bond acceptors (Lipinski definition) is 0. The Labute approximate surface area is 310 Å². The first-order valence-electron chi connectivity index (χ1n) is 16.5. The van der Waals surface area contributed by atoms with Crippen molar-refractivity contribution in [2.24, 2.45) is 0 Å². The molecular weight excluding hydrogens is 782 g/mol. The van der Waals surface area contributed by atoms with Crippen LogP contribution >= 0.6 is 15.8 Å². The highest BCUT2D eigenvalue weighted by molar-refractivity contribution is 7.74. The second-order valence-electron chi connectivity index (χ2n) is 12.7. The fourth-order valence-corrected chi connectivity index (χ4v) is 12.1. The molecule has 2 atom stereocenters. The van der Waals surface area contributed by atoms with Crippen LogP contribution in [-0.4, -0.2) is 11.3 Å². The van der Waals surface area contributed by atoms with Crippen LogP contribution in [0.2, 0.25) is 0 Å². The lowest BCUT2D eigenvalue weighted by molar-refractivity contribution is -0.144. The molecule has 0 bridgehead atoms. The minimum atomic E-state index is -5.33. The zero-order valence-corrected chi connectivity index (χ0v) is 30.2. The van der Waals surface area contributed by atoms with E-state index in [4.69, 9.17) is 0 Å². The van der Waals surface area contributed by atoms with Crippen LogP contribution in [-0.2, 0) is 24.7 Å². The van der Waals surface area contributed by atoms with Crippen molar-refractivity contribution < 1.29 is 52.7 Å². The van der Waals surface area contributed by atoms with Gasteiger partial charge < -0.3 is 0 Å². The molecule has 0 aromatic heterocycles. The maximum absolute atomic E-state index is 14.1. The Morgan fingerprint density at radius 3 is 1.31 bits per heavy atom. The van der Waals surface area contributed by atoms with E-state index in [1.54, 1.807) is 24.3 Å². The molecule has 2 aliphatic rings. The van der Waals surface area contributed by atoms with Crippen molar-refractivity contribution in [1.82, 2.24) is 0 Å². The molecular formula is C41H28F12P2. The van der Waals surface area contributed by atoms with Gasteiger partial charge in [-0.25, -0.2) is 0 Å². The van der Waals surface area contributed by atoms with Crippen molar-refractivity contribution in [2.75, 3.05) is 0 Å². The standard InChI is InChI=1S/C41H28F12P2/c1-25(34-16-10-17-35(34)36-15-8-9-18-37(36)55(30-11-4-2-5-12-30)31-13-6-3-7-14-31)54(32-21-26(38(42,43)44)19-27(22-32)39(45,46)47)33-23-28(40(48,49)50)20-29(24-33)41(51,52)53/h2-25,37H,1H3. The molecule has 0 amide bonds. The Morgan fingerprint density at radius 1 is 0.491 bits per heavy atom. The van der Waals surface area contributed by atoms with Crippen molar-refractivity contribution in [2.45, 2.75) is 42.9 Å². The van der Waals surface area contributed by atoms with E-state index < -0.39 is 79.1 Å². The molecule has 0 saturated heterocycles. The summed E-state index contributed by atoms with van der Waals surface area (Å²) in [5, 5.41) is 0.588. The van der Waals surface area contributed by atoms with Crippen molar-refractivity contribution in [3.63, 3.8) is 0 Å². The molecule has 55 heavy (non-hydrogen) atoms. The molecule has 0 spiro atoms. The topological polar surface area (TPSA) is 0 Å². The molecule has 14 heteroatoms. The van der Waals surface area contributed by atoms with Gasteiger partial charge in [0.25, 0.3) is 0 Å². The molecule has 286 valence electrons. The van der Waals surface area contributed by atoms with Crippen LogP contribution in [0.1, 0.15) is 29.2 Å². The molecule has 2 aliphatic carbocycles. The normalized spacial score (nSPS) is 18.4. The minimum Gasteiger partial charge on any atom is -0.166 e. The summed E-state index contributed by atoms with van der Waals surface area (Å²) in [6.07, 6.45) is -9.09. The molecule has 0 saturated carbocycles. The number of hydrogen-bond donors (Lipinski definition) is 0. The molecule has 0 fully saturated rings. The first kappa shape index (κ1) is 40.3. The van der Waals surface area contributed by atoms with Crippen LogP contribution in [0.25, 0.3) is 0 Å². The Bertz CT molecular complexity index is 2010. The summed E-state index contributed by atoms with van der Waals surface area (Å²) in [4.78, 5) is 0. The summed E-state index contributed by atoms with van der Waals surface area (Å²) in [6, 6.07) is 20.4. The van der Waals surface area contributed by atoms with Gasteiger partial charge in [-0.3, -0.25) is 0 Å². The molecule has 4 aromatic rings. The van der Waals surface area contributed by atoms with Crippen LogP contribution in [0.3, 0.4) is 0 Å². The predicted molar refractivity (Wildman–Crippen MR) is 194 cm³/mol. The smallest absolute Gasteiger partial charge is 0.166 e. The van der Waals surface area contributed by atoms with Gasteiger partial charge in [-0.1, -0.05) is 110 Å². The van der Waals surface area contributed by atoms with Crippen molar-refractivity contribution >= 4 is 37.1 Å². The predicted octanol–water partition coefficient (Wildman–Crippen LogP) is 12.0. The lowest BCUT2D eigenvalue weighted by Gasteiger charge is -2.33. The highest BCUT2D eigenvalue weighted by Gasteiger charge is 2.42. The number of halogens is 12. The van der Waals surface area contributed by atoms with Gasteiger partial charge >= 0.3 is 24.7 Å². The van der Waals surface area contributed by atoms with E-state index in [-0.39, 0.29) is 17.8 Å². The maximum atomic E-state index is 14.1. The summed E-state index contributed by atoms with van der Waals surface area (Å²) in [5.74, 6) is 0. The average Bonchev–Trinajstić information content (AvgIpc) is 3.61. The molecule has 0 nitrogen and oxygen atoms in total. The third-order valence-corrected chi connectivity index (χ3v) is 14.4. The van der Waals surface area contributed by atoms with Crippen LogP contribution in [0.4, 0.5) is 52.7 Å². The first-order chi connectivity index (χ1) is 25.7. The highest BCUT2D eigenvalue weighted by Crippen LogP contribution is 2.52. The Morgan fingerprint density at radius 2 is 0.909 bits per heavy atom. The lowest BCUT2D eigenvalue weighted by atomic mass is 9.95. The Kier molecular flexibility index (Phi) is 11.2. The molecule has 0 N–H and O–H groups in total. The Balaban J connectivity index is 1.59. The molecule has 0 aliphatic heterocycles. The molecule has 0 radical (unpaired) electrons. The third-order valence-electron chi connectivity index (χ3n) is 9.05. The highest BCUT2D eigenvalue weighted by atomic mass is 31.1. The fourth-order valence-electron chi connectivity index (χ4n) is 6.60. The molecule has 4 aromatic carbocycles. The molecule has 0 heterocycles.